The van der Waals surface area contributed by atoms with E-state index in [0.717, 1.165) is 31.9 Å². The van der Waals surface area contributed by atoms with Crippen LogP contribution in [0, 0.1) is 5.92 Å². The number of guanidine groups is 1. The van der Waals surface area contributed by atoms with E-state index in [-0.39, 0.29) is 11.8 Å². The van der Waals surface area contributed by atoms with Gasteiger partial charge in [0.15, 0.2) is 5.96 Å². The predicted octanol–water partition coefficient (Wildman–Crippen LogP) is 1.80. The lowest BCUT2D eigenvalue weighted by Gasteiger charge is -2.18. The molecule has 0 spiro atoms. The third kappa shape index (κ3) is 10.1. The molecule has 20 heavy (non-hydrogen) atoms. The molecule has 0 aromatic carbocycles. The molecule has 120 valence electrons. The summed E-state index contributed by atoms with van der Waals surface area (Å²) < 4.78 is 22.3. The smallest absolute Gasteiger partial charge is 0.191 e. The Hall–Kier alpha value is -0.780. The summed E-state index contributed by atoms with van der Waals surface area (Å²) in [5, 5.41) is 6.47. The van der Waals surface area contributed by atoms with Crippen molar-refractivity contribution in [2.24, 2.45) is 10.9 Å². The van der Waals surface area contributed by atoms with Gasteiger partial charge in [0.1, 0.15) is 9.84 Å². The van der Waals surface area contributed by atoms with Gasteiger partial charge in [0, 0.05) is 25.4 Å². The quantitative estimate of drug-likeness (QED) is 0.503. The van der Waals surface area contributed by atoms with Crippen LogP contribution in [0.4, 0.5) is 0 Å². The van der Waals surface area contributed by atoms with E-state index in [2.05, 4.69) is 29.5 Å². The van der Waals surface area contributed by atoms with Crippen LogP contribution >= 0.6 is 0 Å². The van der Waals surface area contributed by atoms with Crippen LogP contribution in [0.1, 0.15) is 47.0 Å². The van der Waals surface area contributed by atoms with E-state index in [1.807, 2.05) is 13.8 Å². The van der Waals surface area contributed by atoms with Crippen molar-refractivity contribution in [3.63, 3.8) is 0 Å². The Labute approximate surface area is 124 Å². The molecule has 0 aliphatic carbocycles. The van der Waals surface area contributed by atoms with Crippen LogP contribution in [-0.4, -0.2) is 45.5 Å². The molecule has 5 nitrogen and oxygen atoms in total. The van der Waals surface area contributed by atoms with E-state index in [1.54, 1.807) is 0 Å². The number of sulfone groups is 1. The van der Waals surface area contributed by atoms with Gasteiger partial charge >= 0.3 is 0 Å². The SMILES string of the molecule is CCNC(=NCC(CC)CC)NC(C)CCS(C)(=O)=O. The summed E-state index contributed by atoms with van der Waals surface area (Å²) in [5.74, 6) is 1.59. The zero-order chi connectivity index (χ0) is 15.6. The Morgan fingerprint density at radius 2 is 1.80 bits per heavy atom. The zero-order valence-electron chi connectivity index (χ0n) is 13.6. The molecule has 0 saturated heterocycles. The first-order chi connectivity index (χ1) is 9.32. The first-order valence-corrected chi connectivity index (χ1v) is 9.60. The minimum Gasteiger partial charge on any atom is -0.357 e. The van der Waals surface area contributed by atoms with Crippen LogP contribution in [0.25, 0.3) is 0 Å². The Morgan fingerprint density at radius 1 is 1.20 bits per heavy atom. The van der Waals surface area contributed by atoms with Crippen molar-refractivity contribution in [2.45, 2.75) is 53.0 Å². The summed E-state index contributed by atoms with van der Waals surface area (Å²) in [7, 11) is -2.90. The zero-order valence-corrected chi connectivity index (χ0v) is 14.4. The highest BCUT2D eigenvalue weighted by molar-refractivity contribution is 7.90. The van der Waals surface area contributed by atoms with Crippen molar-refractivity contribution < 1.29 is 8.42 Å². The summed E-state index contributed by atoms with van der Waals surface area (Å²) in [6.07, 6.45) is 4.12. The molecule has 0 aliphatic heterocycles. The Balaban J connectivity index is 4.41. The summed E-state index contributed by atoms with van der Waals surface area (Å²) in [6.45, 7) is 9.97. The minimum atomic E-state index is -2.90. The lowest BCUT2D eigenvalue weighted by molar-refractivity contribution is 0.502. The number of nitrogens with zero attached hydrogens (tertiary/aromatic N) is 1. The Morgan fingerprint density at radius 3 is 2.25 bits per heavy atom. The van der Waals surface area contributed by atoms with Gasteiger partial charge < -0.3 is 10.6 Å². The van der Waals surface area contributed by atoms with Gasteiger partial charge in [-0.3, -0.25) is 4.99 Å². The van der Waals surface area contributed by atoms with Crippen molar-refractivity contribution >= 4 is 15.8 Å². The maximum Gasteiger partial charge on any atom is 0.191 e. The topological polar surface area (TPSA) is 70.6 Å². The van der Waals surface area contributed by atoms with Gasteiger partial charge in [0.25, 0.3) is 0 Å². The first-order valence-electron chi connectivity index (χ1n) is 7.54. The molecule has 0 aromatic rings. The molecule has 2 N–H and O–H groups in total. The number of aliphatic imine (C=N–C) groups is 1. The second kappa shape index (κ2) is 10.0. The summed E-state index contributed by atoms with van der Waals surface area (Å²) in [4.78, 5) is 4.58. The van der Waals surface area contributed by atoms with Gasteiger partial charge in [-0.15, -0.1) is 0 Å². The van der Waals surface area contributed by atoms with E-state index < -0.39 is 9.84 Å². The fourth-order valence-corrected chi connectivity index (χ4v) is 2.57. The van der Waals surface area contributed by atoms with Crippen LogP contribution in [-0.2, 0) is 9.84 Å². The number of hydrogen-bond acceptors (Lipinski definition) is 3. The van der Waals surface area contributed by atoms with Gasteiger partial charge in [-0.1, -0.05) is 26.7 Å². The van der Waals surface area contributed by atoms with E-state index in [4.69, 9.17) is 0 Å². The maximum absolute atomic E-state index is 11.2. The Kier molecular flexibility index (Phi) is 9.63. The van der Waals surface area contributed by atoms with Gasteiger partial charge in [0.05, 0.1) is 5.75 Å². The van der Waals surface area contributed by atoms with Crippen molar-refractivity contribution in [3.8, 4) is 0 Å². The predicted molar refractivity (Wildman–Crippen MR) is 87.0 cm³/mol. The standard InChI is InChI=1S/C14H31N3O2S/c1-6-13(7-2)11-16-14(15-8-3)17-12(4)9-10-20(5,18)19/h12-13H,6-11H2,1-5H3,(H2,15,16,17). The fourth-order valence-electron chi connectivity index (χ4n) is 1.78. The molecule has 0 bridgehead atoms. The van der Waals surface area contributed by atoms with Crippen molar-refractivity contribution in [2.75, 3.05) is 25.1 Å². The van der Waals surface area contributed by atoms with E-state index in [9.17, 15) is 8.42 Å². The lowest BCUT2D eigenvalue weighted by atomic mass is 10.0. The molecular formula is C14H31N3O2S. The lowest BCUT2D eigenvalue weighted by Crippen LogP contribution is -2.43. The molecule has 0 heterocycles. The summed E-state index contributed by atoms with van der Waals surface area (Å²) >= 11 is 0. The molecule has 0 aliphatic rings. The van der Waals surface area contributed by atoms with Crippen molar-refractivity contribution in [3.05, 3.63) is 0 Å². The van der Waals surface area contributed by atoms with E-state index in [0.29, 0.717) is 12.3 Å². The first kappa shape index (κ1) is 19.2. The highest BCUT2D eigenvalue weighted by atomic mass is 32.2. The molecule has 6 heteroatoms. The number of nitrogens with one attached hydrogen (secondary N) is 2. The van der Waals surface area contributed by atoms with Gasteiger partial charge in [-0.25, -0.2) is 8.42 Å². The molecule has 0 fully saturated rings. The van der Waals surface area contributed by atoms with E-state index in [1.165, 1.54) is 6.26 Å². The second-order valence-corrected chi connectivity index (χ2v) is 7.63. The monoisotopic (exact) mass is 305 g/mol. The molecular weight excluding hydrogens is 274 g/mol. The molecule has 1 unspecified atom stereocenters. The largest absolute Gasteiger partial charge is 0.357 e. The minimum absolute atomic E-state index is 0.0872. The molecule has 0 saturated carbocycles. The molecule has 0 amide bonds. The molecule has 1 atom stereocenters. The third-order valence-corrected chi connectivity index (χ3v) is 4.29. The van der Waals surface area contributed by atoms with Crippen LogP contribution in [0.3, 0.4) is 0 Å². The van der Waals surface area contributed by atoms with Gasteiger partial charge in [-0.05, 0) is 26.2 Å². The summed E-state index contributed by atoms with van der Waals surface area (Å²) in [6, 6.07) is 0.0872. The average molecular weight is 305 g/mol. The highest BCUT2D eigenvalue weighted by Gasteiger charge is 2.10. The normalized spacial score (nSPS) is 14.4. The molecule has 0 rings (SSSR count). The van der Waals surface area contributed by atoms with Crippen LogP contribution < -0.4 is 10.6 Å². The fraction of sp³-hybridized carbons (Fsp3) is 0.929. The Bertz CT molecular complexity index is 376. The van der Waals surface area contributed by atoms with Crippen LogP contribution in [0.5, 0.6) is 0 Å². The van der Waals surface area contributed by atoms with Crippen molar-refractivity contribution in [1.82, 2.24) is 10.6 Å². The number of rotatable bonds is 9. The van der Waals surface area contributed by atoms with E-state index >= 15 is 0 Å². The second-order valence-electron chi connectivity index (χ2n) is 5.37. The maximum atomic E-state index is 11.2. The summed E-state index contributed by atoms with van der Waals surface area (Å²) in [5.41, 5.74) is 0. The third-order valence-electron chi connectivity index (χ3n) is 3.31. The van der Waals surface area contributed by atoms with Gasteiger partial charge in [0.2, 0.25) is 0 Å². The number of hydrogen-bond donors (Lipinski definition) is 2. The van der Waals surface area contributed by atoms with Gasteiger partial charge in [-0.2, -0.15) is 0 Å². The highest BCUT2D eigenvalue weighted by Crippen LogP contribution is 2.07. The van der Waals surface area contributed by atoms with Crippen molar-refractivity contribution in [1.29, 1.82) is 0 Å². The van der Waals surface area contributed by atoms with Crippen LogP contribution in [0.15, 0.2) is 4.99 Å². The molecule has 0 aromatic heterocycles. The molecule has 0 radical (unpaired) electrons. The van der Waals surface area contributed by atoms with Crippen LogP contribution in [0.2, 0.25) is 0 Å². The average Bonchev–Trinajstić information content (AvgIpc) is 2.37.